The van der Waals surface area contributed by atoms with E-state index < -0.39 is 44.1 Å². The van der Waals surface area contributed by atoms with Gasteiger partial charge in [0.25, 0.3) is 0 Å². The van der Waals surface area contributed by atoms with Crippen LogP contribution in [0.1, 0.15) is 98.0 Å². The number of unbranched alkanes of at least 4 members (excludes halogenated alkanes) is 3. The van der Waals surface area contributed by atoms with Crippen LogP contribution in [-0.4, -0.2) is 85.6 Å². The Hall–Kier alpha value is -2.19. The standard InChI is InChI=1S/C34H54Cl3N3O9S/c1-6-8-19-47-30(41)28(39-50(44,45)21-9-7-2)23-26-13-14-29(27(22-26)38-31(42)48-24-34(35,36)37)46-20-11-10-12-25-15-17-40(18-16-25)32(43)49-33(3,4)5/h13-14,22,25,28,39H,6-12,15-21,23-24H2,1-5H3,(H,38,42)/t28-/m0/s1. The summed E-state index contributed by atoms with van der Waals surface area (Å²) >= 11 is 17.2. The minimum atomic E-state index is -3.76. The molecule has 1 atom stereocenters. The van der Waals surface area contributed by atoms with E-state index in [1.807, 2.05) is 34.6 Å². The van der Waals surface area contributed by atoms with Crippen LogP contribution in [0, 0.1) is 5.92 Å². The number of piperidine rings is 1. The number of likely N-dealkylation sites (tertiary alicyclic amines) is 1. The molecule has 0 unspecified atom stereocenters. The molecule has 2 N–H and O–H groups in total. The fourth-order valence-corrected chi connectivity index (χ4v) is 6.67. The van der Waals surface area contributed by atoms with Gasteiger partial charge in [-0.05, 0) is 89.3 Å². The molecule has 50 heavy (non-hydrogen) atoms. The molecule has 0 aromatic heterocycles. The molecule has 286 valence electrons. The number of hydrogen-bond donors (Lipinski definition) is 2. The molecular weight excluding hydrogens is 733 g/mol. The molecule has 1 saturated heterocycles. The number of alkyl halides is 3. The van der Waals surface area contributed by atoms with Crippen LogP contribution in [0.5, 0.6) is 5.75 Å². The van der Waals surface area contributed by atoms with Crippen molar-refractivity contribution >= 4 is 68.7 Å². The summed E-state index contributed by atoms with van der Waals surface area (Å²) in [6, 6.07) is 3.73. The van der Waals surface area contributed by atoms with Gasteiger partial charge in [-0.2, -0.15) is 0 Å². The van der Waals surface area contributed by atoms with Gasteiger partial charge in [-0.1, -0.05) is 74.0 Å². The smallest absolute Gasteiger partial charge is 0.411 e. The first-order valence-electron chi connectivity index (χ1n) is 17.3. The second-order valence-electron chi connectivity index (χ2n) is 13.5. The van der Waals surface area contributed by atoms with E-state index in [2.05, 4.69) is 10.0 Å². The Morgan fingerprint density at radius 3 is 2.26 bits per heavy atom. The van der Waals surface area contributed by atoms with Crippen LogP contribution >= 0.6 is 34.8 Å². The van der Waals surface area contributed by atoms with Crippen LogP contribution in [0.4, 0.5) is 15.3 Å². The van der Waals surface area contributed by atoms with E-state index in [1.54, 1.807) is 23.1 Å². The normalized spacial score (nSPS) is 14.9. The molecule has 1 fully saturated rings. The zero-order valence-corrected chi connectivity index (χ0v) is 32.9. The molecule has 1 aliphatic heterocycles. The fraction of sp³-hybridized carbons (Fsp3) is 0.735. The van der Waals surface area contributed by atoms with Gasteiger partial charge in [0.1, 0.15) is 24.0 Å². The number of carbonyl (C=O) groups is 3. The third-order valence-corrected chi connectivity index (χ3v) is 9.53. The molecule has 1 aromatic carbocycles. The number of ether oxygens (including phenoxy) is 4. The summed E-state index contributed by atoms with van der Waals surface area (Å²) in [6.07, 6.45) is 5.82. The summed E-state index contributed by atoms with van der Waals surface area (Å²) in [6.45, 7) is 10.8. The topological polar surface area (TPSA) is 150 Å². The third-order valence-electron chi connectivity index (χ3n) is 7.73. The highest BCUT2D eigenvalue weighted by Crippen LogP contribution is 2.30. The van der Waals surface area contributed by atoms with Crippen molar-refractivity contribution in [3.05, 3.63) is 23.8 Å². The first-order valence-corrected chi connectivity index (χ1v) is 20.1. The number of sulfonamides is 1. The van der Waals surface area contributed by atoms with Gasteiger partial charge >= 0.3 is 18.2 Å². The van der Waals surface area contributed by atoms with Crippen LogP contribution in [-0.2, 0) is 35.4 Å². The number of rotatable bonds is 19. The molecule has 1 heterocycles. The van der Waals surface area contributed by atoms with Crippen LogP contribution in [0.2, 0.25) is 0 Å². The van der Waals surface area contributed by atoms with Crippen molar-refractivity contribution in [3.63, 3.8) is 0 Å². The SMILES string of the molecule is CCCCOC(=O)[C@H](Cc1ccc(OCCCCC2CCN(C(=O)OC(C)(C)C)CC2)c(NC(=O)OCC(Cl)(Cl)Cl)c1)NS(=O)(=O)CCCC. The Bertz CT molecular complexity index is 1330. The van der Waals surface area contributed by atoms with E-state index in [4.69, 9.17) is 53.8 Å². The zero-order chi connectivity index (χ0) is 37.4. The van der Waals surface area contributed by atoms with E-state index in [9.17, 15) is 22.8 Å². The van der Waals surface area contributed by atoms with Crippen molar-refractivity contribution in [2.24, 2.45) is 5.92 Å². The predicted octanol–water partition coefficient (Wildman–Crippen LogP) is 7.78. The Kier molecular flexibility index (Phi) is 18.8. The van der Waals surface area contributed by atoms with Crippen LogP contribution < -0.4 is 14.8 Å². The van der Waals surface area contributed by atoms with Gasteiger partial charge < -0.3 is 23.8 Å². The lowest BCUT2D eigenvalue weighted by Crippen LogP contribution is -2.44. The largest absolute Gasteiger partial charge is 0.491 e. The van der Waals surface area contributed by atoms with E-state index in [-0.39, 0.29) is 30.6 Å². The number of amides is 2. The Morgan fingerprint density at radius 2 is 1.64 bits per heavy atom. The van der Waals surface area contributed by atoms with E-state index >= 15 is 0 Å². The minimum absolute atomic E-state index is 0.0405. The molecule has 1 aliphatic rings. The monoisotopic (exact) mass is 785 g/mol. The van der Waals surface area contributed by atoms with Crippen molar-refractivity contribution in [3.8, 4) is 5.75 Å². The Morgan fingerprint density at radius 1 is 0.960 bits per heavy atom. The quantitative estimate of drug-likeness (QED) is 0.0621. The second-order valence-corrected chi connectivity index (χ2v) is 17.9. The first-order chi connectivity index (χ1) is 23.4. The van der Waals surface area contributed by atoms with Gasteiger partial charge in [0, 0.05) is 13.1 Å². The van der Waals surface area contributed by atoms with Gasteiger partial charge in [-0.3, -0.25) is 10.1 Å². The lowest BCUT2D eigenvalue weighted by atomic mass is 9.92. The lowest BCUT2D eigenvalue weighted by Gasteiger charge is -2.33. The Labute approximate surface area is 312 Å². The van der Waals surface area contributed by atoms with Gasteiger partial charge in [-0.15, -0.1) is 0 Å². The molecule has 1 aromatic rings. The number of anilines is 1. The minimum Gasteiger partial charge on any atom is -0.491 e. The molecule has 0 bridgehead atoms. The van der Waals surface area contributed by atoms with Gasteiger partial charge in [0.05, 0.1) is 24.7 Å². The Balaban J connectivity index is 2.08. The van der Waals surface area contributed by atoms with Crippen molar-refractivity contribution in [2.45, 2.75) is 114 Å². The van der Waals surface area contributed by atoms with Crippen LogP contribution in [0.3, 0.4) is 0 Å². The highest BCUT2D eigenvalue weighted by Gasteiger charge is 2.28. The maximum atomic E-state index is 13.0. The number of benzene rings is 1. The molecule has 2 amide bonds. The van der Waals surface area contributed by atoms with Crippen molar-refractivity contribution in [1.29, 1.82) is 0 Å². The summed E-state index contributed by atoms with van der Waals surface area (Å²) in [5.41, 5.74) is 0.244. The van der Waals surface area contributed by atoms with E-state index in [0.29, 0.717) is 56.2 Å². The molecule has 0 aliphatic carbocycles. The maximum absolute atomic E-state index is 13.0. The van der Waals surface area contributed by atoms with E-state index in [0.717, 1.165) is 38.5 Å². The van der Waals surface area contributed by atoms with Gasteiger partial charge in [-0.25, -0.2) is 22.7 Å². The molecular formula is C34H54Cl3N3O9S. The van der Waals surface area contributed by atoms with Crippen molar-refractivity contribution in [1.82, 2.24) is 9.62 Å². The number of hydrogen-bond acceptors (Lipinski definition) is 9. The average Bonchev–Trinajstić information content (AvgIpc) is 3.02. The molecule has 0 radical (unpaired) electrons. The second kappa shape index (κ2) is 21.4. The molecule has 0 spiro atoms. The van der Waals surface area contributed by atoms with E-state index in [1.165, 1.54) is 0 Å². The summed E-state index contributed by atoms with van der Waals surface area (Å²) in [4.78, 5) is 39.7. The predicted molar refractivity (Wildman–Crippen MR) is 197 cm³/mol. The molecule has 12 nitrogen and oxygen atoms in total. The van der Waals surface area contributed by atoms with Crippen LogP contribution in [0.15, 0.2) is 18.2 Å². The number of nitrogens with one attached hydrogen (secondary N) is 2. The molecule has 0 saturated carbocycles. The number of carbonyl (C=O) groups excluding carboxylic acids is 3. The van der Waals surface area contributed by atoms with Crippen molar-refractivity contribution in [2.75, 3.05) is 44.0 Å². The summed E-state index contributed by atoms with van der Waals surface area (Å²) in [7, 11) is -3.76. The highest BCUT2D eigenvalue weighted by atomic mass is 35.6. The highest BCUT2D eigenvalue weighted by molar-refractivity contribution is 7.89. The maximum Gasteiger partial charge on any atom is 0.411 e. The lowest BCUT2D eigenvalue weighted by molar-refractivity contribution is -0.145. The zero-order valence-electron chi connectivity index (χ0n) is 29.9. The number of esters is 1. The third kappa shape index (κ3) is 18.3. The number of nitrogens with zero attached hydrogens (tertiary/aromatic N) is 1. The van der Waals surface area contributed by atoms with Gasteiger partial charge in [0.2, 0.25) is 13.8 Å². The van der Waals surface area contributed by atoms with Crippen molar-refractivity contribution < 1.29 is 41.7 Å². The van der Waals surface area contributed by atoms with Gasteiger partial charge in [0.15, 0.2) is 0 Å². The summed E-state index contributed by atoms with van der Waals surface area (Å²) < 4.78 is 48.1. The number of halogens is 3. The summed E-state index contributed by atoms with van der Waals surface area (Å²) in [5.74, 6) is 0.0306. The first kappa shape index (κ1) is 44.0. The average molecular weight is 787 g/mol. The summed E-state index contributed by atoms with van der Waals surface area (Å²) in [5, 5.41) is 2.60. The molecule has 2 rings (SSSR count). The molecule has 16 heteroatoms. The fourth-order valence-electron chi connectivity index (χ4n) is 5.11. The van der Waals surface area contributed by atoms with Crippen LogP contribution in [0.25, 0.3) is 0 Å².